The van der Waals surface area contributed by atoms with E-state index in [4.69, 9.17) is 4.74 Å². The van der Waals surface area contributed by atoms with Gasteiger partial charge in [-0.25, -0.2) is 0 Å². The number of benzene rings is 1. The van der Waals surface area contributed by atoms with E-state index in [1.807, 2.05) is 18.2 Å². The number of hydrogen-bond acceptors (Lipinski definition) is 3. The molecule has 1 fully saturated rings. The van der Waals surface area contributed by atoms with Crippen molar-refractivity contribution in [2.75, 3.05) is 13.2 Å². The summed E-state index contributed by atoms with van der Waals surface area (Å²) < 4.78 is 6.64. The quantitative estimate of drug-likeness (QED) is 0.791. The van der Waals surface area contributed by atoms with Crippen LogP contribution in [0.1, 0.15) is 38.2 Å². The number of rotatable bonds is 7. The van der Waals surface area contributed by atoms with Gasteiger partial charge in [-0.15, -0.1) is 0 Å². The molecule has 0 saturated heterocycles. The van der Waals surface area contributed by atoms with Crippen molar-refractivity contribution < 1.29 is 9.53 Å². The van der Waals surface area contributed by atoms with Gasteiger partial charge in [0.15, 0.2) is 6.61 Å². The zero-order valence-electron chi connectivity index (χ0n) is 12.5. The lowest BCUT2D eigenvalue weighted by Crippen LogP contribution is -2.36. The lowest BCUT2D eigenvalue weighted by Gasteiger charge is -2.13. The summed E-state index contributed by atoms with van der Waals surface area (Å²) in [7, 11) is 0. The van der Waals surface area contributed by atoms with E-state index >= 15 is 0 Å². The Kier molecular flexibility index (Phi) is 6.51. The highest BCUT2D eigenvalue weighted by atomic mass is 79.9. The van der Waals surface area contributed by atoms with E-state index in [1.54, 1.807) is 0 Å². The van der Waals surface area contributed by atoms with E-state index in [1.165, 1.54) is 12.8 Å². The van der Waals surface area contributed by atoms with Crippen LogP contribution in [0.4, 0.5) is 0 Å². The molecule has 21 heavy (non-hydrogen) atoms. The average molecular weight is 355 g/mol. The Labute approximate surface area is 134 Å². The minimum absolute atomic E-state index is 0.0296. The Morgan fingerprint density at radius 1 is 1.38 bits per heavy atom. The predicted molar refractivity (Wildman–Crippen MR) is 87.4 cm³/mol. The van der Waals surface area contributed by atoms with Gasteiger partial charge in [-0.3, -0.25) is 4.79 Å². The van der Waals surface area contributed by atoms with Crippen LogP contribution >= 0.6 is 15.9 Å². The van der Waals surface area contributed by atoms with Gasteiger partial charge in [0, 0.05) is 17.1 Å². The average Bonchev–Trinajstić information content (AvgIpc) is 2.98. The van der Waals surface area contributed by atoms with Crippen molar-refractivity contribution in [1.29, 1.82) is 0 Å². The molecule has 1 aliphatic carbocycles. The van der Waals surface area contributed by atoms with Gasteiger partial charge in [0.25, 0.3) is 5.91 Å². The maximum atomic E-state index is 11.8. The van der Waals surface area contributed by atoms with Crippen molar-refractivity contribution in [1.82, 2.24) is 10.6 Å². The maximum absolute atomic E-state index is 11.8. The minimum atomic E-state index is -0.0296. The molecule has 0 aromatic heterocycles. The van der Waals surface area contributed by atoms with Crippen molar-refractivity contribution in [3.63, 3.8) is 0 Å². The topological polar surface area (TPSA) is 50.4 Å². The van der Waals surface area contributed by atoms with Crippen LogP contribution < -0.4 is 15.4 Å². The van der Waals surface area contributed by atoms with Crippen LogP contribution in [0.5, 0.6) is 5.75 Å². The lowest BCUT2D eigenvalue weighted by molar-refractivity contribution is -0.123. The predicted octanol–water partition coefficient (Wildman–Crippen LogP) is 3.00. The molecule has 0 aliphatic heterocycles. The van der Waals surface area contributed by atoms with Gasteiger partial charge in [0.05, 0.1) is 0 Å². The summed E-state index contributed by atoms with van der Waals surface area (Å²) >= 11 is 3.52. The van der Waals surface area contributed by atoms with Crippen molar-refractivity contribution in [3.05, 3.63) is 28.2 Å². The second-order valence-electron chi connectivity index (χ2n) is 5.37. The van der Waals surface area contributed by atoms with Crippen molar-refractivity contribution in [2.45, 2.75) is 45.2 Å². The Hall–Kier alpha value is -1.07. The number of carbonyl (C=O) groups is 1. The summed E-state index contributed by atoms with van der Waals surface area (Å²) in [6, 6.07) is 6.14. The third kappa shape index (κ3) is 5.32. The largest absolute Gasteiger partial charge is 0.484 e. The van der Waals surface area contributed by atoms with E-state index in [2.05, 4.69) is 33.5 Å². The molecule has 5 heteroatoms. The first-order valence-corrected chi connectivity index (χ1v) is 8.39. The van der Waals surface area contributed by atoms with Crippen molar-refractivity contribution in [3.8, 4) is 5.75 Å². The second kappa shape index (κ2) is 8.39. The van der Waals surface area contributed by atoms with Gasteiger partial charge in [-0.2, -0.15) is 0 Å². The zero-order valence-corrected chi connectivity index (χ0v) is 14.0. The molecule has 2 rings (SSSR count). The molecule has 0 atom stereocenters. The monoisotopic (exact) mass is 354 g/mol. The fraction of sp³-hybridized carbons (Fsp3) is 0.562. The number of carbonyl (C=O) groups excluding carboxylic acids is 1. The highest BCUT2D eigenvalue weighted by molar-refractivity contribution is 9.10. The molecule has 0 radical (unpaired) electrons. The van der Waals surface area contributed by atoms with Gasteiger partial charge >= 0.3 is 0 Å². The summed E-state index contributed by atoms with van der Waals surface area (Å²) in [5, 5.41) is 6.30. The molecule has 1 amide bonds. The molecule has 4 nitrogen and oxygen atoms in total. The Bertz CT molecular complexity index is 473. The third-order valence-corrected chi connectivity index (χ3v) is 4.45. The first-order valence-electron chi connectivity index (χ1n) is 7.60. The molecule has 1 aromatic carbocycles. The van der Waals surface area contributed by atoms with E-state index in [9.17, 15) is 4.79 Å². The SMILES string of the molecule is CCNCc1cc(OCC(=O)NC2CCCC2)ccc1Br. The van der Waals surface area contributed by atoms with Crippen LogP contribution in [0.3, 0.4) is 0 Å². The van der Waals surface area contributed by atoms with Gasteiger partial charge < -0.3 is 15.4 Å². The van der Waals surface area contributed by atoms with Gasteiger partial charge in [-0.1, -0.05) is 35.7 Å². The second-order valence-corrected chi connectivity index (χ2v) is 6.23. The number of nitrogens with one attached hydrogen (secondary N) is 2. The summed E-state index contributed by atoms with van der Waals surface area (Å²) in [5.74, 6) is 0.700. The van der Waals surface area contributed by atoms with Crippen LogP contribution in [-0.4, -0.2) is 25.1 Å². The molecule has 0 unspecified atom stereocenters. The normalized spacial score (nSPS) is 15.1. The summed E-state index contributed by atoms with van der Waals surface area (Å²) in [6.45, 7) is 3.85. The number of halogens is 1. The number of hydrogen-bond donors (Lipinski definition) is 2. The van der Waals surface area contributed by atoms with Gasteiger partial charge in [0.1, 0.15) is 5.75 Å². The Balaban J connectivity index is 1.82. The highest BCUT2D eigenvalue weighted by Crippen LogP contribution is 2.22. The van der Waals surface area contributed by atoms with Crippen LogP contribution in [0.25, 0.3) is 0 Å². The van der Waals surface area contributed by atoms with Crippen LogP contribution in [0, 0.1) is 0 Å². The zero-order chi connectivity index (χ0) is 15.1. The molecular weight excluding hydrogens is 332 g/mol. The van der Waals surface area contributed by atoms with Crippen molar-refractivity contribution >= 4 is 21.8 Å². The first kappa shape index (κ1) is 16.3. The molecule has 0 heterocycles. The summed E-state index contributed by atoms with van der Waals surface area (Å²) in [5.41, 5.74) is 1.13. The molecule has 1 aromatic rings. The summed E-state index contributed by atoms with van der Waals surface area (Å²) in [6.07, 6.45) is 4.62. The highest BCUT2D eigenvalue weighted by Gasteiger charge is 2.17. The molecule has 116 valence electrons. The fourth-order valence-corrected chi connectivity index (χ4v) is 2.91. The molecule has 2 N–H and O–H groups in total. The van der Waals surface area contributed by atoms with Crippen LogP contribution in [0.2, 0.25) is 0 Å². The molecule has 1 saturated carbocycles. The fourth-order valence-electron chi connectivity index (χ4n) is 2.52. The van der Waals surface area contributed by atoms with Crippen LogP contribution in [-0.2, 0) is 11.3 Å². The Morgan fingerprint density at radius 2 is 2.14 bits per heavy atom. The van der Waals surface area contributed by atoms with E-state index in [0.717, 1.165) is 41.7 Å². The molecule has 0 spiro atoms. The maximum Gasteiger partial charge on any atom is 0.258 e. The van der Waals surface area contributed by atoms with Gasteiger partial charge in [0.2, 0.25) is 0 Å². The van der Waals surface area contributed by atoms with Crippen molar-refractivity contribution in [2.24, 2.45) is 0 Å². The van der Waals surface area contributed by atoms with Crippen LogP contribution in [0.15, 0.2) is 22.7 Å². The van der Waals surface area contributed by atoms with E-state index in [-0.39, 0.29) is 12.5 Å². The standard InChI is InChI=1S/C16H23BrN2O2/c1-2-18-10-12-9-14(7-8-15(12)17)21-11-16(20)19-13-5-3-4-6-13/h7-9,13,18H,2-6,10-11H2,1H3,(H,19,20). The van der Waals surface area contributed by atoms with Gasteiger partial charge in [-0.05, 0) is 43.1 Å². The lowest BCUT2D eigenvalue weighted by atomic mass is 10.2. The molecule has 0 bridgehead atoms. The molecular formula is C16H23BrN2O2. The third-order valence-electron chi connectivity index (χ3n) is 3.67. The first-order chi connectivity index (χ1) is 10.2. The van der Waals surface area contributed by atoms with E-state index in [0.29, 0.717) is 6.04 Å². The number of amides is 1. The van der Waals surface area contributed by atoms with E-state index < -0.39 is 0 Å². The Morgan fingerprint density at radius 3 is 2.86 bits per heavy atom. The summed E-state index contributed by atoms with van der Waals surface area (Å²) in [4.78, 5) is 11.8. The molecule has 1 aliphatic rings. The minimum Gasteiger partial charge on any atom is -0.484 e. The number of ether oxygens (including phenoxy) is 1. The smallest absolute Gasteiger partial charge is 0.258 e.